The lowest BCUT2D eigenvalue weighted by molar-refractivity contribution is -0.138. The molecule has 1 saturated carbocycles. The van der Waals surface area contributed by atoms with Crippen molar-refractivity contribution in [1.82, 2.24) is 25.8 Å². The Morgan fingerprint density at radius 1 is 0.830 bits per heavy atom. The third-order valence-electron chi connectivity index (χ3n) is 8.89. The normalized spacial score (nSPS) is 17.3. The monoisotopic (exact) mass is 647 g/mol. The van der Waals surface area contributed by atoms with E-state index < -0.39 is 23.8 Å². The number of nitrogens with zero attached hydrogens (tertiary/aromatic N) is 2. The predicted molar refractivity (Wildman–Crippen MR) is 182 cm³/mol. The van der Waals surface area contributed by atoms with Gasteiger partial charge in [0.1, 0.15) is 17.7 Å². The maximum absolute atomic E-state index is 13.6. The molecule has 0 radical (unpaired) electrons. The van der Waals surface area contributed by atoms with Gasteiger partial charge in [0.05, 0.1) is 0 Å². The number of hydrogen-bond acceptors (Lipinski definition) is 6. The van der Waals surface area contributed by atoms with Crippen LogP contribution in [0.5, 0.6) is 0 Å². The number of rotatable bonds is 12. The Labute approximate surface area is 280 Å². The Bertz CT molecular complexity index is 1310. The molecular formula is C37H53N5O5. The highest BCUT2D eigenvalue weighted by Gasteiger charge is 2.33. The summed E-state index contributed by atoms with van der Waals surface area (Å²) in [5, 5.41) is 8.79. The van der Waals surface area contributed by atoms with E-state index in [4.69, 9.17) is 4.74 Å². The smallest absolute Gasteiger partial charge is 0.408 e. The standard InChI is InChI=1S/C37H53N5O5/c1-5-32(43)39-31(35(45)42-22-20-41(21-23-42)26-29-12-8-6-9-13-29)24-27-16-18-28(19-17-27)25-38-34(44)33(30-14-10-7-11-15-30)40-36(46)47-37(2,3)4/h6,8-9,12-13,16-19,30-31,33H,5,7,10-11,14-15,20-26H2,1-4H3,(H,38,44)(H,39,43)(H,40,46)/t31-,33+/m1/s1. The summed E-state index contributed by atoms with van der Waals surface area (Å²) in [5.74, 6) is -0.367. The summed E-state index contributed by atoms with van der Waals surface area (Å²) in [6.45, 7) is 11.1. The van der Waals surface area contributed by atoms with Crippen molar-refractivity contribution in [2.24, 2.45) is 5.92 Å². The largest absolute Gasteiger partial charge is 0.444 e. The van der Waals surface area contributed by atoms with Crippen LogP contribution in [-0.2, 0) is 38.6 Å². The maximum atomic E-state index is 13.6. The number of ether oxygens (including phenoxy) is 1. The first-order valence-corrected chi connectivity index (χ1v) is 17.2. The van der Waals surface area contributed by atoms with Gasteiger partial charge in [-0.3, -0.25) is 19.3 Å². The number of carbonyl (C=O) groups is 4. The van der Waals surface area contributed by atoms with Crippen molar-refractivity contribution < 1.29 is 23.9 Å². The molecule has 0 unspecified atom stereocenters. The number of hydrogen-bond donors (Lipinski definition) is 3. The molecular weight excluding hydrogens is 594 g/mol. The van der Waals surface area contributed by atoms with E-state index in [0.717, 1.165) is 62.9 Å². The number of benzene rings is 2. The summed E-state index contributed by atoms with van der Waals surface area (Å²) < 4.78 is 5.44. The Morgan fingerprint density at radius 2 is 1.47 bits per heavy atom. The lowest BCUT2D eigenvalue weighted by atomic mass is 9.83. The number of amides is 4. The van der Waals surface area contributed by atoms with E-state index in [1.165, 1.54) is 5.56 Å². The second kappa shape index (κ2) is 17.3. The number of nitrogens with one attached hydrogen (secondary N) is 3. The van der Waals surface area contributed by atoms with Crippen molar-refractivity contribution in [1.29, 1.82) is 0 Å². The Balaban J connectivity index is 1.32. The Morgan fingerprint density at radius 3 is 2.09 bits per heavy atom. The minimum atomic E-state index is -0.654. The van der Waals surface area contributed by atoms with Gasteiger partial charge in [-0.15, -0.1) is 0 Å². The van der Waals surface area contributed by atoms with Crippen LogP contribution < -0.4 is 16.0 Å². The molecule has 2 aromatic carbocycles. The molecule has 1 aliphatic carbocycles. The van der Waals surface area contributed by atoms with E-state index >= 15 is 0 Å². The molecule has 1 aliphatic heterocycles. The van der Waals surface area contributed by atoms with Crippen LogP contribution >= 0.6 is 0 Å². The molecule has 4 amide bonds. The zero-order valence-electron chi connectivity index (χ0n) is 28.6. The molecule has 2 aliphatic rings. The number of alkyl carbamates (subject to hydrolysis) is 1. The van der Waals surface area contributed by atoms with E-state index in [2.05, 4.69) is 33.0 Å². The molecule has 0 aromatic heterocycles. The van der Waals surface area contributed by atoms with E-state index in [9.17, 15) is 19.2 Å². The molecule has 10 heteroatoms. The first-order valence-electron chi connectivity index (χ1n) is 17.2. The molecule has 2 fully saturated rings. The molecule has 3 N–H and O–H groups in total. The quantitative estimate of drug-likeness (QED) is 0.311. The highest BCUT2D eigenvalue weighted by atomic mass is 16.6. The number of piperazine rings is 1. The van der Waals surface area contributed by atoms with Crippen LogP contribution in [0.2, 0.25) is 0 Å². The van der Waals surface area contributed by atoms with Gasteiger partial charge in [0.2, 0.25) is 17.7 Å². The van der Waals surface area contributed by atoms with Crippen molar-refractivity contribution >= 4 is 23.8 Å². The van der Waals surface area contributed by atoms with Gasteiger partial charge >= 0.3 is 6.09 Å². The Kier molecular flexibility index (Phi) is 13.2. The van der Waals surface area contributed by atoms with Crippen molar-refractivity contribution in [2.45, 2.75) is 103 Å². The van der Waals surface area contributed by atoms with Gasteiger partial charge in [0.15, 0.2) is 0 Å². The molecule has 256 valence electrons. The highest BCUT2D eigenvalue weighted by molar-refractivity contribution is 5.88. The average Bonchev–Trinajstić information content (AvgIpc) is 3.06. The first-order chi connectivity index (χ1) is 22.5. The molecule has 2 aromatic rings. The topological polar surface area (TPSA) is 120 Å². The van der Waals surface area contributed by atoms with Crippen molar-refractivity contribution in [3.63, 3.8) is 0 Å². The molecule has 0 bridgehead atoms. The van der Waals surface area contributed by atoms with Crippen LogP contribution in [0.3, 0.4) is 0 Å². The van der Waals surface area contributed by atoms with Crippen LogP contribution in [0.1, 0.15) is 82.9 Å². The van der Waals surface area contributed by atoms with Gasteiger partial charge in [0, 0.05) is 52.1 Å². The number of carbonyl (C=O) groups excluding carboxylic acids is 4. The van der Waals surface area contributed by atoms with Gasteiger partial charge in [-0.25, -0.2) is 4.79 Å². The lowest BCUT2D eigenvalue weighted by Gasteiger charge is -2.36. The summed E-state index contributed by atoms with van der Waals surface area (Å²) in [4.78, 5) is 56.1. The molecule has 0 spiro atoms. The second-order valence-corrected chi connectivity index (χ2v) is 13.8. The SMILES string of the molecule is CCC(=O)N[C@H](Cc1ccc(CNC(=O)[C@@H](NC(=O)OC(C)(C)C)C2CCCCC2)cc1)C(=O)N1CCN(Cc2ccccc2)CC1. The first kappa shape index (κ1) is 35.9. The maximum Gasteiger partial charge on any atom is 0.408 e. The van der Waals surface area contributed by atoms with Crippen LogP contribution in [0.15, 0.2) is 54.6 Å². The zero-order valence-corrected chi connectivity index (χ0v) is 28.6. The lowest BCUT2D eigenvalue weighted by Crippen LogP contribution is -2.55. The predicted octanol–water partition coefficient (Wildman–Crippen LogP) is 4.56. The summed E-state index contributed by atoms with van der Waals surface area (Å²) >= 11 is 0. The van der Waals surface area contributed by atoms with Gasteiger partial charge in [-0.2, -0.15) is 0 Å². The van der Waals surface area contributed by atoms with Crippen molar-refractivity contribution in [3.05, 3.63) is 71.3 Å². The van der Waals surface area contributed by atoms with Gasteiger partial charge in [0.25, 0.3) is 0 Å². The zero-order chi connectivity index (χ0) is 33.8. The third kappa shape index (κ3) is 11.7. The van der Waals surface area contributed by atoms with E-state index in [0.29, 0.717) is 32.5 Å². The van der Waals surface area contributed by atoms with Crippen molar-refractivity contribution in [3.8, 4) is 0 Å². The summed E-state index contributed by atoms with van der Waals surface area (Å²) in [6, 6.07) is 16.8. The van der Waals surface area contributed by atoms with E-state index in [1.807, 2.05) is 47.4 Å². The highest BCUT2D eigenvalue weighted by Crippen LogP contribution is 2.27. The summed E-state index contributed by atoms with van der Waals surface area (Å²) in [5.41, 5.74) is 2.42. The fraction of sp³-hybridized carbons (Fsp3) is 0.568. The van der Waals surface area contributed by atoms with E-state index in [1.54, 1.807) is 27.7 Å². The van der Waals surface area contributed by atoms with Gasteiger partial charge in [-0.1, -0.05) is 80.8 Å². The molecule has 1 heterocycles. The average molecular weight is 648 g/mol. The minimum absolute atomic E-state index is 0.0613. The molecule has 47 heavy (non-hydrogen) atoms. The van der Waals surface area contributed by atoms with Crippen LogP contribution in [0.4, 0.5) is 4.79 Å². The minimum Gasteiger partial charge on any atom is -0.444 e. The van der Waals surface area contributed by atoms with Crippen LogP contribution in [-0.4, -0.2) is 77.5 Å². The second-order valence-electron chi connectivity index (χ2n) is 13.8. The van der Waals surface area contributed by atoms with Crippen LogP contribution in [0.25, 0.3) is 0 Å². The molecule has 10 nitrogen and oxygen atoms in total. The molecule has 1 saturated heterocycles. The molecule has 2 atom stereocenters. The Hall–Kier alpha value is -3.92. The van der Waals surface area contributed by atoms with E-state index in [-0.39, 0.29) is 23.6 Å². The fourth-order valence-corrected chi connectivity index (χ4v) is 6.31. The van der Waals surface area contributed by atoms with Crippen molar-refractivity contribution in [2.75, 3.05) is 26.2 Å². The fourth-order valence-electron chi connectivity index (χ4n) is 6.31. The van der Waals surface area contributed by atoms with Gasteiger partial charge < -0.3 is 25.6 Å². The van der Waals surface area contributed by atoms with Gasteiger partial charge in [-0.05, 0) is 56.2 Å². The van der Waals surface area contributed by atoms with Crippen LogP contribution in [0, 0.1) is 5.92 Å². The third-order valence-corrected chi connectivity index (χ3v) is 8.89. The summed E-state index contributed by atoms with van der Waals surface area (Å²) in [6.07, 6.45) is 5.10. The summed E-state index contributed by atoms with van der Waals surface area (Å²) in [7, 11) is 0. The molecule has 4 rings (SSSR count).